The van der Waals surface area contributed by atoms with Crippen molar-refractivity contribution in [2.45, 2.75) is 22.6 Å². The lowest BCUT2D eigenvalue weighted by Gasteiger charge is -2.02. The van der Waals surface area contributed by atoms with Crippen molar-refractivity contribution >= 4 is 35.4 Å². The van der Waals surface area contributed by atoms with Gasteiger partial charge in [-0.3, -0.25) is 10.1 Å². The van der Waals surface area contributed by atoms with Crippen molar-refractivity contribution < 1.29 is 9.21 Å². The highest BCUT2D eigenvalue weighted by Crippen LogP contribution is 2.18. The second-order valence-corrected chi connectivity index (χ2v) is 7.36. The largest absolute Gasteiger partial charge is 0.407 e. The molecule has 0 atom stereocenters. The number of thioether (sulfide) groups is 2. The van der Waals surface area contributed by atoms with E-state index in [4.69, 9.17) is 4.42 Å². The van der Waals surface area contributed by atoms with E-state index in [-0.39, 0.29) is 18.3 Å². The first-order chi connectivity index (χ1) is 12.7. The Morgan fingerprint density at radius 1 is 0.923 bits per heavy atom. The molecule has 1 N–H and O–H groups in total. The number of hydrogen-bond acceptors (Lipinski definition) is 6. The summed E-state index contributed by atoms with van der Waals surface area (Å²) in [5.74, 6) is 0.294. The predicted molar refractivity (Wildman–Crippen MR) is 106 cm³/mol. The molecule has 1 heterocycles. The molecule has 0 spiro atoms. The molecule has 5 nitrogen and oxygen atoms in total. The third-order valence-corrected chi connectivity index (χ3v) is 5.24. The Bertz CT molecular complexity index is 861. The fourth-order valence-electron chi connectivity index (χ4n) is 2.39. The van der Waals surface area contributed by atoms with Gasteiger partial charge < -0.3 is 4.42 Å². The van der Waals surface area contributed by atoms with Crippen LogP contribution in [0, 0.1) is 0 Å². The molecule has 26 heavy (non-hydrogen) atoms. The zero-order chi connectivity index (χ0) is 18.4. The Morgan fingerprint density at radius 2 is 1.50 bits per heavy atom. The third-order valence-electron chi connectivity index (χ3n) is 3.75. The fourth-order valence-corrected chi connectivity index (χ4v) is 3.20. The number of nitrogens with one attached hydrogen (secondary N) is 1. The highest BCUT2D eigenvalue weighted by molar-refractivity contribution is 7.98. The van der Waals surface area contributed by atoms with Crippen LogP contribution in [0.1, 0.15) is 17.0 Å². The summed E-state index contributed by atoms with van der Waals surface area (Å²) in [5, 5.41) is 10.6. The van der Waals surface area contributed by atoms with Crippen molar-refractivity contribution in [3.63, 3.8) is 0 Å². The van der Waals surface area contributed by atoms with Crippen LogP contribution in [0.25, 0.3) is 0 Å². The maximum absolute atomic E-state index is 12.1. The number of anilines is 1. The van der Waals surface area contributed by atoms with Crippen LogP contribution in [0.5, 0.6) is 0 Å². The quantitative estimate of drug-likeness (QED) is 0.612. The second-order valence-electron chi connectivity index (χ2n) is 5.60. The van der Waals surface area contributed by atoms with Crippen LogP contribution in [-0.2, 0) is 17.6 Å². The van der Waals surface area contributed by atoms with Gasteiger partial charge in [-0.25, -0.2) is 0 Å². The van der Waals surface area contributed by atoms with Gasteiger partial charge in [-0.2, -0.15) is 0 Å². The topological polar surface area (TPSA) is 68.0 Å². The average Bonchev–Trinajstić information content (AvgIpc) is 3.09. The van der Waals surface area contributed by atoms with Crippen LogP contribution in [0.4, 0.5) is 6.01 Å². The van der Waals surface area contributed by atoms with Gasteiger partial charge in [0.05, 0.1) is 12.8 Å². The van der Waals surface area contributed by atoms with E-state index in [0.717, 1.165) is 11.1 Å². The Morgan fingerprint density at radius 3 is 2.08 bits per heavy atom. The Labute approximate surface area is 161 Å². The van der Waals surface area contributed by atoms with Crippen LogP contribution in [0.15, 0.2) is 62.7 Å². The van der Waals surface area contributed by atoms with Gasteiger partial charge in [-0.15, -0.1) is 28.6 Å². The standard InChI is InChI=1S/C19H19N3O2S2/c1-25-15-7-3-13(4-8-15)11-17(23)20-19-22-21-18(24-19)12-14-5-9-16(26-2)10-6-14/h3-10H,11-12H2,1-2H3,(H,20,22,23). The number of benzene rings is 2. The maximum Gasteiger partial charge on any atom is 0.322 e. The van der Waals surface area contributed by atoms with Crippen molar-refractivity contribution in [1.82, 2.24) is 10.2 Å². The molecule has 7 heteroatoms. The molecule has 0 unspecified atom stereocenters. The van der Waals surface area contributed by atoms with Crippen molar-refractivity contribution in [2.75, 3.05) is 17.8 Å². The Hall–Kier alpha value is -2.25. The van der Waals surface area contributed by atoms with Crippen LogP contribution < -0.4 is 5.32 Å². The number of carbonyl (C=O) groups excluding carboxylic acids is 1. The van der Waals surface area contributed by atoms with E-state index in [2.05, 4.69) is 27.6 Å². The number of nitrogens with zero attached hydrogens (tertiary/aromatic N) is 2. The van der Waals surface area contributed by atoms with E-state index in [1.807, 2.05) is 48.9 Å². The van der Waals surface area contributed by atoms with Gasteiger partial charge in [0.1, 0.15) is 0 Å². The zero-order valence-corrected chi connectivity index (χ0v) is 16.2. The third kappa shape index (κ3) is 5.12. The van der Waals surface area contributed by atoms with Gasteiger partial charge in [0, 0.05) is 9.79 Å². The molecule has 0 radical (unpaired) electrons. The minimum atomic E-state index is -0.179. The molecule has 2 aromatic carbocycles. The smallest absolute Gasteiger partial charge is 0.322 e. The van der Waals surface area contributed by atoms with Crippen LogP contribution in [0.3, 0.4) is 0 Å². The lowest BCUT2D eigenvalue weighted by molar-refractivity contribution is -0.115. The van der Waals surface area contributed by atoms with E-state index >= 15 is 0 Å². The summed E-state index contributed by atoms with van der Waals surface area (Å²) < 4.78 is 5.53. The molecule has 134 valence electrons. The minimum Gasteiger partial charge on any atom is -0.407 e. The summed E-state index contributed by atoms with van der Waals surface area (Å²) in [6.45, 7) is 0. The van der Waals surface area contributed by atoms with Gasteiger partial charge in [0.2, 0.25) is 11.8 Å². The monoisotopic (exact) mass is 385 g/mol. The lowest BCUT2D eigenvalue weighted by Crippen LogP contribution is -2.14. The first-order valence-corrected chi connectivity index (χ1v) is 10.5. The first-order valence-electron chi connectivity index (χ1n) is 8.04. The Kier molecular flexibility index (Phi) is 6.35. The maximum atomic E-state index is 12.1. The van der Waals surface area contributed by atoms with Gasteiger partial charge in [0.15, 0.2) is 0 Å². The lowest BCUT2D eigenvalue weighted by atomic mass is 10.1. The molecule has 0 aliphatic rings. The number of hydrogen-bond donors (Lipinski definition) is 1. The molecular weight excluding hydrogens is 366 g/mol. The predicted octanol–water partition coefficient (Wildman–Crippen LogP) is 4.29. The molecule has 3 aromatic rings. The van der Waals surface area contributed by atoms with E-state index in [9.17, 15) is 4.79 Å². The SMILES string of the molecule is CSc1ccc(CC(=O)Nc2nnc(Cc3ccc(SC)cc3)o2)cc1. The van der Waals surface area contributed by atoms with E-state index in [0.29, 0.717) is 12.3 Å². The molecule has 0 bridgehead atoms. The summed E-state index contributed by atoms with van der Waals surface area (Å²) in [7, 11) is 0. The van der Waals surface area contributed by atoms with E-state index in [1.165, 1.54) is 9.79 Å². The van der Waals surface area contributed by atoms with Gasteiger partial charge >= 0.3 is 6.01 Å². The second kappa shape index (κ2) is 8.91. The molecule has 0 aliphatic heterocycles. The fraction of sp³-hybridized carbons (Fsp3) is 0.211. The average molecular weight is 386 g/mol. The van der Waals surface area contributed by atoms with Crippen LogP contribution >= 0.6 is 23.5 Å². The highest BCUT2D eigenvalue weighted by Gasteiger charge is 2.11. The van der Waals surface area contributed by atoms with Gasteiger partial charge in [-0.05, 0) is 47.9 Å². The van der Waals surface area contributed by atoms with Crippen molar-refractivity contribution in [1.29, 1.82) is 0 Å². The highest BCUT2D eigenvalue weighted by atomic mass is 32.2. The van der Waals surface area contributed by atoms with E-state index in [1.54, 1.807) is 23.5 Å². The Balaban J connectivity index is 1.55. The molecular formula is C19H19N3O2S2. The van der Waals surface area contributed by atoms with Crippen molar-refractivity contribution in [2.24, 2.45) is 0 Å². The van der Waals surface area contributed by atoms with Crippen molar-refractivity contribution in [3.05, 3.63) is 65.5 Å². The number of rotatable bonds is 7. The molecule has 0 saturated carbocycles. The molecule has 1 aromatic heterocycles. The zero-order valence-electron chi connectivity index (χ0n) is 14.6. The van der Waals surface area contributed by atoms with Crippen LogP contribution in [-0.4, -0.2) is 28.6 Å². The van der Waals surface area contributed by atoms with E-state index < -0.39 is 0 Å². The first kappa shape index (κ1) is 18.5. The summed E-state index contributed by atoms with van der Waals surface area (Å²) in [6.07, 6.45) is 4.86. The summed E-state index contributed by atoms with van der Waals surface area (Å²) >= 11 is 3.37. The number of aromatic nitrogens is 2. The summed E-state index contributed by atoms with van der Waals surface area (Å²) in [6, 6.07) is 16.2. The summed E-state index contributed by atoms with van der Waals surface area (Å²) in [4.78, 5) is 14.5. The molecule has 1 amide bonds. The molecule has 0 saturated heterocycles. The van der Waals surface area contributed by atoms with Crippen molar-refractivity contribution in [3.8, 4) is 0 Å². The molecule has 0 fully saturated rings. The minimum absolute atomic E-state index is 0.131. The molecule has 0 aliphatic carbocycles. The summed E-state index contributed by atoms with van der Waals surface area (Å²) in [5.41, 5.74) is 2.02. The number of carbonyl (C=O) groups is 1. The molecule has 3 rings (SSSR count). The number of amides is 1. The van der Waals surface area contributed by atoms with Crippen LogP contribution in [0.2, 0.25) is 0 Å². The van der Waals surface area contributed by atoms with Gasteiger partial charge in [-0.1, -0.05) is 29.4 Å². The normalized spacial score (nSPS) is 10.7. The van der Waals surface area contributed by atoms with Gasteiger partial charge in [0.25, 0.3) is 0 Å².